The maximum Gasteiger partial charge on any atom is 0.422 e. The molecule has 0 N–H and O–H groups in total. The minimum atomic E-state index is -5.61. The van der Waals surface area contributed by atoms with E-state index < -0.39 is 64.4 Å². The molecule has 0 heterocycles. The Hall–Kier alpha value is -1.31. The molecule has 0 fully saturated rings. The van der Waals surface area contributed by atoms with Gasteiger partial charge in [0.05, 0.1) is 23.5 Å². The quantitative estimate of drug-likeness (QED) is 0.0547. The fraction of sp³-hybridized carbons (Fsp3) is 0.750. The van der Waals surface area contributed by atoms with E-state index in [1.165, 1.54) is 44.9 Å². The standard InChI is InChI=1S/C24H34F8O4S/c1-2-3-4-5-6-7-8-9-10-11-12-13-14-15-16-34-21-17(23(27,28)29)20(26)22(37-36-35-33)18(19(21)25)24(30,31)32/h33H,2-16H2,1H3/p-1. The topological polar surface area (TPSA) is 50.8 Å². The van der Waals surface area contributed by atoms with Gasteiger partial charge in [-0.3, -0.25) is 5.04 Å². The molecule has 1 rings (SSSR count). The first kappa shape index (κ1) is 33.7. The van der Waals surface area contributed by atoms with E-state index in [9.17, 15) is 40.4 Å². The third-order valence-corrected chi connectivity index (χ3v) is 6.42. The zero-order chi connectivity index (χ0) is 27.9. The third kappa shape index (κ3) is 12.0. The van der Waals surface area contributed by atoms with Crippen LogP contribution in [0.1, 0.15) is 108 Å². The molecule has 0 spiro atoms. The summed E-state index contributed by atoms with van der Waals surface area (Å²) in [5, 5.41) is 12.7. The highest BCUT2D eigenvalue weighted by Gasteiger charge is 2.48. The Kier molecular flexibility index (Phi) is 15.8. The minimum absolute atomic E-state index is 0.140. The second kappa shape index (κ2) is 17.3. The molecule has 0 aliphatic heterocycles. The minimum Gasteiger partial charge on any atom is -0.691 e. The summed E-state index contributed by atoms with van der Waals surface area (Å²) in [6, 6.07) is 0. The van der Waals surface area contributed by atoms with Gasteiger partial charge in [0.25, 0.3) is 0 Å². The lowest BCUT2D eigenvalue weighted by atomic mass is 10.0. The second-order valence-electron chi connectivity index (χ2n) is 8.70. The molecule has 1 aromatic carbocycles. The van der Waals surface area contributed by atoms with Crippen LogP contribution >= 0.6 is 12.0 Å². The number of hydrogen-bond acceptors (Lipinski definition) is 5. The zero-order valence-electron chi connectivity index (χ0n) is 20.7. The molecule has 0 aliphatic carbocycles. The van der Waals surface area contributed by atoms with Gasteiger partial charge in [-0.25, -0.2) is 8.78 Å². The van der Waals surface area contributed by atoms with Crippen LogP contribution in [0.15, 0.2) is 4.90 Å². The summed E-state index contributed by atoms with van der Waals surface area (Å²) >= 11 is -0.822. The Morgan fingerprint density at radius 3 is 1.49 bits per heavy atom. The van der Waals surface area contributed by atoms with Crippen molar-refractivity contribution in [1.29, 1.82) is 0 Å². The molecule has 0 saturated heterocycles. The number of rotatable bonds is 19. The van der Waals surface area contributed by atoms with Gasteiger partial charge in [-0.1, -0.05) is 90.4 Å². The van der Waals surface area contributed by atoms with Gasteiger partial charge in [0.1, 0.15) is 11.1 Å². The largest absolute Gasteiger partial charge is 0.691 e. The Balaban J connectivity index is 2.60. The molecule has 0 aromatic heterocycles. The first-order valence-electron chi connectivity index (χ1n) is 12.4. The summed E-state index contributed by atoms with van der Waals surface area (Å²) in [5.41, 5.74) is -4.75. The van der Waals surface area contributed by atoms with Crippen LogP contribution in [-0.2, 0) is 21.7 Å². The van der Waals surface area contributed by atoms with Crippen LogP contribution in [0.3, 0.4) is 0 Å². The van der Waals surface area contributed by atoms with Crippen molar-refractivity contribution in [3.63, 3.8) is 0 Å². The normalized spacial score (nSPS) is 12.4. The summed E-state index contributed by atoms with van der Waals surface area (Å²) in [6.45, 7) is 1.64. The van der Waals surface area contributed by atoms with E-state index in [1.807, 2.05) is 0 Å². The van der Waals surface area contributed by atoms with E-state index in [1.54, 1.807) is 0 Å². The summed E-state index contributed by atoms with van der Waals surface area (Å²) in [7, 11) is 0. The van der Waals surface area contributed by atoms with Crippen LogP contribution in [0.4, 0.5) is 35.1 Å². The third-order valence-electron chi connectivity index (χ3n) is 5.75. The predicted octanol–water partition coefficient (Wildman–Crippen LogP) is 9.09. The highest BCUT2D eigenvalue weighted by molar-refractivity contribution is 7.94. The van der Waals surface area contributed by atoms with Crippen molar-refractivity contribution in [3.05, 3.63) is 22.8 Å². The number of hydrogen-bond donors (Lipinski definition) is 0. The van der Waals surface area contributed by atoms with Crippen molar-refractivity contribution in [2.75, 3.05) is 6.61 Å². The second-order valence-corrected chi connectivity index (χ2v) is 9.41. The SMILES string of the molecule is CCCCCCCCCCCCCCCCOc1c(F)c(C(F)(F)F)c(SOO[O-])c(F)c1C(F)(F)F. The number of unbranched alkanes of at least 4 members (excludes halogenated alkanes) is 13. The van der Waals surface area contributed by atoms with Crippen molar-refractivity contribution < 1.29 is 54.5 Å². The summed E-state index contributed by atoms with van der Waals surface area (Å²) < 4.78 is 117. The summed E-state index contributed by atoms with van der Waals surface area (Å²) in [4.78, 5) is -1.93. The molecule has 37 heavy (non-hydrogen) atoms. The molecule has 0 unspecified atom stereocenters. The van der Waals surface area contributed by atoms with Crippen LogP contribution in [0.2, 0.25) is 0 Å². The lowest BCUT2D eigenvalue weighted by molar-refractivity contribution is -0.777. The Morgan fingerprint density at radius 2 is 1.08 bits per heavy atom. The molecule has 0 amide bonds. The van der Waals surface area contributed by atoms with E-state index in [0.717, 1.165) is 32.1 Å². The lowest BCUT2D eigenvalue weighted by Crippen LogP contribution is -2.20. The van der Waals surface area contributed by atoms with Crippen LogP contribution in [0.25, 0.3) is 0 Å². The smallest absolute Gasteiger partial charge is 0.422 e. The molecule has 13 heteroatoms. The summed E-state index contributed by atoms with van der Waals surface area (Å²) in [6.07, 6.45) is 2.88. The van der Waals surface area contributed by atoms with Gasteiger partial charge >= 0.3 is 12.4 Å². The van der Waals surface area contributed by atoms with Crippen molar-refractivity contribution in [2.45, 2.75) is 114 Å². The molecule has 216 valence electrons. The fourth-order valence-electron chi connectivity index (χ4n) is 3.88. The number of halogens is 8. The van der Waals surface area contributed by atoms with Crippen LogP contribution < -0.4 is 9.99 Å². The average molecular weight is 570 g/mol. The number of benzene rings is 1. The van der Waals surface area contributed by atoms with Crippen LogP contribution in [0.5, 0.6) is 5.75 Å². The maximum atomic E-state index is 14.6. The number of ether oxygens (including phenoxy) is 1. The van der Waals surface area contributed by atoms with E-state index in [-0.39, 0.29) is 6.42 Å². The molecule has 0 radical (unpaired) electrons. The molecule has 0 atom stereocenters. The molecule has 1 aromatic rings. The number of alkyl halides is 6. The van der Waals surface area contributed by atoms with Crippen molar-refractivity contribution in [1.82, 2.24) is 0 Å². The van der Waals surface area contributed by atoms with Gasteiger partial charge in [-0.15, -0.1) is 0 Å². The lowest BCUT2D eigenvalue weighted by Gasteiger charge is -2.21. The Labute approximate surface area is 216 Å². The van der Waals surface area contributed by atoms with E-state index in [4.69, 9.17) is 4.74 Å². The van der Waals surface area contributed by atoms with E-state index in [0.29, 0.717) is 6.42 Å². The fourth-order valence-corrected chi connectivity index (χ4v) is 4.44. The van der Waals surface area contributed by atoms with Gasteiger partial charge in [-0.2, -0.15) is 30.7 Å². The maximum absolute atomic E-state index is 14.6. The molecular formula is C24H33F8O4S-. The predicted molar refractivity (Wildman–Crippen MR) is 120 cm³/mol. The Bertz CT molecular complexity index is 788. The highest BCUT2D eigenvalue weighted by Crippen LogP contribution is 2.49. The Morgan fingerprint density at radius 1 is 0.649 bits per heavy atom. The molecule has 4 nitrogen and oxygen atoms in total. The van der Waals surface area contributed by atoms with Gasteiger partial charge < -0.3 is 9.99 Å². The molecule has 0 saturated carbocycles. The molecule has 0 bridgehead atoms. The van der Waals surface area contributed by atoms with E-state index >= 15 is 0 Å². The van der Waals surface area contributed by atoms with Gasteiger partial charge in [-0.05, 0) is 6.42 Å². The van der Waals surface area contributed by atoms with Gasteiger partial charge in [0.2, 0.25) is 0 Å². The van der Waals surface area contributed by atoms with Crippen molar-refractivity contribution in [3.8, 4) is 5.75 Å². The van der Waals surface area contributed by atoms with Crippen LogP contribution in [0, 0.1) is 11.6 Å². The first-order chi connectivity index (χ1) is 17.5. The first-order valence-corrected chi connectivity index (χ1v) is 13.2. The van der Waals surface area contributed by atoms with Gasteiger partial charge in [0, 0.05) is 0 Å². The monoisotopic (exact) mass is 569 g/mol. The van der Waals surface area contributed by atoms with E-state index in [2.05, 4.69) is 16.3 Å². The molecule has 0 aliphatic rings. The molecular weight excluding hydrogens is 536 g/mol. The summed E-state index contributed by atoms with van der Waals surface area (Å²) in [5.74, 6) is -6.83. The van der Waals surface area contributed by atoms with Crippen molar-refractivity contribution in [2.24, 2.45) is 0 Å². The van der Waals surface area contributed by atoms with Crippen molar-refractivity contribution >= 4 is 12.0 Å². The van der Waals surface area contributed by atoms with Crippen LogP contribution in [-0.4, -0.2) is 6.61 Å². The highest BCUT2D eigenvalue weighted by atomic mass is 32.2. The van der Waals surface area contributed by atoms with Gasteiger partial charge in [0.15, 0.2) is 17.4 Å². The average Bonchev–Trinajstić information content (AvgIpc) is 2.80. The zero-order valence-corrected chi connectivity index (χ0v) is 21.5.